The van der Waals surface area contributed by atoms with E-state index in [1.54, 1.807) is 36.4 Å². The molecule has 0 saturated heterocycles. The zero-order chi connectivity index (χ0) is 25.4. The van der Waals surface area contributed by atoms with E-state index in [-0.39, 0.29) is 28.7 Å². The maximum atomic E-state index is 14.3. The lowest BCUT2D eigenvalue weighted by Gasteiger charge is -2.38. The Labute approximate surface area is 210 Å². The summed E-state index contributed by atoms with van der Waals surface area (Å²) >= 11 is 0. The average molecular weight is 500 g/mol. The third kappa shape index (κ3) is 3.78. The van der Waals surface area contributed by atoms with Gasteiger partial charge in [-0.1, -0.05) is 48.5 Å². The van der Waals surface area contributed by atoms with Crippen LogP contribution < -0.4 is 14.8 Å². The topological polar surface area (TPSA) is 106 Å². The molecular formula is C28H25N3O4S. The van der Waals surface area contributed by atoms with E-state index in [1.165, 1.54) is 4.31 Å². The molecule has 3 aromatic rings. The Kier molecular flexibility index (Phi) is 5.94. The minimum Gasteiger partial charge on any atom is -0.494 e. The lowest BCUT2D eigenvalue weighted by molar-refractivity contribution is 0.340. The van der Waals surface area contributed by atoms with Gasteiger partial charge in [-0.2, -0.15) is 5.26 Å². The van der Waals surface area contributed by atoms with Crippen LogP contribution in [0.15, 0.2) is 89.2 Å². The molecule has 8 heteroatoms. The van der Waals surface area contributed by atoms with Gasteiger partial charge in [0.05, 0.1) is 24.8 Å². The highest BCUT2D eigenvalue weighted by atomic mass is 32.2. The summed E-state index contributed by atoms with van der Waals surface area (Å²) in [5, 5.41) is 10.0. The molecule has 0 aliphatic carbocycles. The monoisotopic (exact) mass is 499 g/mol. The van der Waals surface area contributed by atoms with Crippen LogP contribution in [0.2, 0.25) is 0 Å². The minimum atomic E-state index is -4.12. The maximum Gasteiger partial charge on any atom is 0.265 e. The van der Waals surface area contributed by atoms with Gasteiger partial charge in [-0.15, -0.1) is 0 Å². The van der Waals surface area contributed by atoms with Gasteiger partial charge in [0.15, 0.2) is 5.76 Å². The quantitative estimate of drug-likeness (QED) is 0.534. The van der Waals surface area contributed by atoms with Crippen LogP contribution >= 0.6 is 0 Å². The number of rotatable bonds is 5. The fourth-order valence-corrected chi connectivity index (χ4v) is 6.58. The Balaban J connectivity index is 1.73. The molecule has 0 fully saturated rings. The first kappa shape index (κ1) is 23.5. The second kappa shape index (κ2) is 9.10. The molecule has 2 heterocycles. The van der Waals surface area contributed by atoms with Gasteiger partial charge < -0.3 is 15.2 Å². The number of nitriles is 1. The summed E-state index contributed by atoms with van der Waals surface area (Å²) in [4.78, 5) is 0.00435. The molecule has 2 aliphatic rings. The summed E-state index contributed by atoms with van der Waals surface area (Å²) in [5.41, 5.74) is 9.81. The first-order valence-corrected chi connectivity index (χ1v) is 13.0. The number of aryl methyl sites for hydroxylation is 1. The highest BCUT2D eigenvalue weighted by molar-refractivity contribution is 7.96. The standard InChI is InChI=1S/C28H25N3O4S/c1-3-34-21-14-12-19(13-15-21)25-23(16-29)28(30)35-26-22-10-6-7-11-24(22)31(36(32,33)27(25)26)17-20-9-5-4-8-18(20)2/h4-15,25H,3,17,30H2,1-2H3/t25-/m1/s1. The summed E-state index contributed by atoms with van der Waals surface area (Å²) in [6.07, 6.45) is 0. The molecule has 36 heavy (non-hydrogen) atoms. The number of benzene rings is 3. The van der Waals surface area contributed by atoms with E-state index in [4.69, 9.17) is 15.2 Å². The lowest BCUT2D eigenvalue weighted by Crippen LogP contribution is -2.39. The third-order valence-corrected chi connectivity index (χ3v) is 8.34. The third-order valence-electron chi connectivity index (χ3n) is 6.46. The molecule has 1 atom stereocenters. The number of sulfonamides is 1. The number of para-hydroxylation sites is 1. The molecule has 0 aromatic heterocycles. The first-order chi connectivity index (χ1) is 17.4. The highest BCUT2D eigenvalue weighted by Crippen LogP contribution is 2.51. The number of ether oxygens (including phenoxy) is 2. The van der Waals surface area contributed by atoms with E-state index in [9.17, 15) is 13.7 Å². The van der Waals surface area contributed by atoms with Crippen LogP contribution in [-0.2, 0) is 21.3 Å². The Hall–Kier alpha value is -4.22. The van der Waals surface area contributed by atoms with Crippen molar-refractivity contribution in [3.8, 4) is 11.8 Å². The van der Waals surface area contributed by atoms with Crippen molar-refractivity contribution in [1.29, 1.82) is 5.26 Å². The van der Waals surface area contributed by atoms with Crippen LogP contribution in [0.4, 0.5) is 5.69 Å². The van der Waals surface area contributed by atoms with Gasteiger partial charge >= 0.3 is 0 Å². The minimum absolute atomic E-state index is 0.00435. The van der Waals surface area contributed by atoms with E-state index in [0.717, 1.165) is 11.1 Å². The van der Waals surface area contributed by atoms with Crippen LogP contribution in [0, 0.1) is 18.3 Å². The van der Waals surface area contributed by atoms with E-state index in [1.807, 2.05) is 50.2 Å². The summed E-state index contributed by atoms with van der Waals surface area (Å²) in [6.45, 7) is 4.48. The van der Waals surface area contributed by atoms with E-state index < -0.39 is 15.9 Å². The molecular weight excluding hydrogens is 474 g/mol. The molecule has 3 aromatic carbocycles. The van der Waals surface area contributed by atoms with E-state index >= 15 is 0 Å². The molecule has 0 saturated carbocycles. The normalized spacial score (nSPS) is 18.1. The van der Waals surface area contributed by atoms with Gasteiger partial charge in [-0.05, 0) is 54.8 Å². The van der Waals surface area contributed by atoms with Crippen molar-refractivity contribution in [2.24, 2.45) is 5.73 Å². The summed E-state index contributed by atoms with van der Waals surface area (Å²) in [5.74, 6) is -0.224. The van der Waals surface area contributed by atoms with Crippen LogP contribution in [0.25, 0.3) is 5.76 Å². The Morgan fingerprint density at radius 3 is 2.44 bits per heavy atom. The summed E-state index contributed by atoms with van der Waals surface area (Å²) in [7, 11) is -4.12. The fourth-order valence-electron chi connectivity index (χ4n) is 4.68. The van der Waals surface area contributed by atoms with Crippen molar-refractivity contribution in [2.45, 2.75) is 26.3 Å². The number of anilines is 1. The van der Waals surface area contributed by atoms with Crippen molar-refractivity contribution in [3.63, 3.8) is 0 Å². The summed E-state index contributed by atoms with van der Waals surface area (Å²) in [6, 6.07) is 24.0. The van der Waals surface area contributed by atoms with E-state index in [0.29, 0.717) is 29.2 Å². The number of hydrogen-bond donors (Lipinski definition) is 1. The Morgan fingerprint density at radius 1 is 1.06 bits per heavy atom. The molecule has 0 unspecified atom stereocenters. The molecule has 182 valence electrons. The lowest BCUT2D eigenvalue weighted by atomic mass is 9.88. The van der Waals surface area contributed by atoms with Gasteiger partial charge in [-0.3, -0.25) is 4.31 Å². The zero-order valence-electron chi connectivity index (χ0n) is 19.9. The molecule has 0 amide bonds. The second-order valence-electron chi connectivity index (χ2n) is 8.58. The van der Waals surface area contributed by atoms with Crippen molar-refractivity contribution in [3.05, 3.63) is 111 Å². The SMILES string of the molecule is CCOc1ccc([C@@H]2C(C#N)=C(N)OC3=C2S(=O)(=O)N(Cc2ccccc2C)c2ccccc23)cc1. The number of nitrogens with two attached hydrogens (primary N) is 1. The maximum absolute atomic E-state index is 14.3. The number of hydrogen-bond acceptors (Lipinski definition) is 6. The zero-order valence-corrected chi connectivity index (χ0v) is 20.7. The van der Waals surface area contributed by atoms with Gasteiger partial charge in [-0.25, -0.2) is 8.42 Å². The van der Waals surface area contributed by atoms with Gasteiger partial charge in [0.25, 0.3) is 10.0 Å². The molecule has 7 nitrogen and oxygen atoms in total. The highest BCUT2D eigenvalue weighted by Gasteiger charge is 2.47. The molecule has 0 radical (unpaired) electrons. The predicted molar refractivity (Wildman–Crippen MR) is 138 cm³/mol. The molecule has 5 rings (SSSR count). The van der Waals surface area contributed by atoms with Crippen LogP contribution in [-0.4, -0.2) is 15.0 Å². The molecule has 0 bridgehead atoms. The predicted octanol–water partition coefficient (Wildman–Crippen LogP) is 4.92. The smallest absolute Gasteiger partial charge is 0.265 e. The molecule has 2 aliphatic heterocycles. The van der Waals surface area contributed by atoms with Crippen LogP contribution in [0.1, 0.15) is 35.1 Å². The first-order valence-electron chi connectivity index (χ1n) is 11.6. The number of nitrogens with zero attached hydrogens (tertiary/aromatic N) is 2. The fraction of sp³-hybridized carbons (Fsp3) is 0.179. The van der Waals surface area contributed by atoms with Crippen molar-refractivity contribution >= 4 is 21.5 Å². The second-order valence-corrected chi connectivity index (χ2v) is 10.4. The van der Waals surface area contributed by atoms with Gasteiger partial charge in [0.1, 0.15) is 22.3 Å². The Bertz CT molecular complexity index is 1550. The Morgan fingerprint density at radius 2 is 1.75 bits per heavy atom. The number of fused-ring (bicyclic) bond motifs is 2. The van der Waals surface area contributed by atoms with Gasteiger partial charge in [0.2, 0.25) is 5.88 Å². The molecule has 2 N–H and O–H groups in total. The van der Waals surface area contributed by atoms with Crippen LogP contribution in [0.3, 0.4) is 0 Å². The largest absolute Gasteiger partial charge is 0.494 e. The van der Waals surface area contributed by atoms with Crippen molar-refractivity contribution in [2.75, 3.05) is 10.9 Å². The van der Waals surface area contributed by atoms with Gasteiger partial charge in [0, 0.05) is 5.56 Å². The van der Waals surface area contributed by atoms with Crippen LogP contribution in [0.5, 0.6) is 5.75 Å². The molecule has 0 spiro atoms. The number of allylic oxidation sites excluding steroid dienone is 2. The van der Waals surface area contributed by atoms with Crippen molar-refractivity contribution < 1.29 is 17.9 Å². The average Bonchev–Trinajstić information content (AvgIpc) is 2.87. The van der Waals surface area contributed by atoms with E-state index in [2.05, 4.69) is 6.07 Å². The van der Waals surface area contributed by atoms with Crippen molar-refractivity contribution in [1.82, 2.24) is 0 Å². The summed E-state index contributed by atoms with van der Waals surface area (Å²) < 4.78 is 41.5.